The maximum absolute atomic E-state index is 12.6. The van der Waals surface area contributed by atoms with Crippen molar-refractivity contribution >= 4 is 52.1 Å². The SMILES string of the molecule is CCOC(=O)COc1c(Cl)cc(/C=C2\SC(=Nc3ccccc3)C(C(=O)OCC)=C2O)cc1OC. The molecule has 0 fully saturated rings. The summed E-state index contributed by atoms with van der Waals surface area (Å²) in [5.41, 5.74) is 1.17. The van der Waals surface area contributed by atoms with E-state index in [4.69, 9.17) is 30.5 Å². The number of halogens is 1. The number of rotatable bonds is 9. The molecule has 10 heteroatoms. The summed E-state index contributed by atoms with van der Waals surface area (Å²) in [6, 6.07) is 12.3. The molecule has 0 unspecified atom stereocenters. The van der Waals surface area contributed by atoms with Gasteiger partial charge in [-0.25, -0.2) is 14.6 Å². The van der Waals surface area contributed by atoms with Gasteiger partial charge in [-0.15, -0.1) is 0 Å². The van der Waals surface area contributed by atoms with Crippen molar-refractivity contribution < 1.29 is 33.6 Å². The van der Waals surface area contributed by atoms with E-state index in [-0.39, 0.29) is 47.7 Å². The molecule has 0 bridgehead atoms. The molecule has 0 radical (unpaired) electrons. The number of aliphatic hydroxyl groups excluding tert-OH is 1. The number of nitrogens with zero attached hydrogens (tertiary/aromatic N) is 1. The minimum atomic E-state index is -0.672. The number of esters is 2. The summed E-state index contributed by atoms with van der Waals surface area (Å²) in [5.74, 6) is -0.994. The molecule has 1 heterocycles. The van der Waals surface area contributed by atoms with E-state index < -0.39 is 11.9 Å². The number of para-hydroxylation sites is 1. The summed E-state index contributed by atoms with van der Waals surface area (Å²) in [7, 11) is 1.44. The summed E-state index contributed by atoms with van der Waals surface area (Å²) in [4.78, 5) is 29.1. The Balaban J connectivity index is 1.97. The van der Waals surface area contributed by atoms with Crippen LogP contribution in [-0.2, 0) is 19.1 Å². The third-order valence-corrected chi connectivity index (χ3v) is 5.85. The second-order valence-electron chi connectivity index (χ2n) is 6.94. The zero-order chi connectivity index (χ0) is 25.4. The van der Waals surface area contributed by atoms with Crippen LogP contribution in [0.15, 0.2) is 63.7 Å². The van der Waals surface area contributed by atoms with E-state index in [2.05, 4.69) is 4.99 Å². The van der Waals surface area contributed by atoms with Crippen LogP contribution in [0.5, 0.6) is 11.5 Å². The molecule has 3 rings (SSSR count). The first kappa shape index (κ1) is 26.2. The first-order valence-corrected chi connectivity index (χ1v) is 11.9. The lowest BCUT2D eigenvalue weighted by molar-refractivity contribution is -0.145. The summed E-state index contributed by atoms with van der Waals surface area (Å²) in [6.07, 6.45) is 1.64. The molecule has 0 aliphatic carbocycles. The number of thioether (sulfide) groups is 1. The standard InChI is InChI=1S/C25H24ClNO7S/c1-4-32-20(28)14-34-23-17(26)11-15(12-18(23)31-3)13-19-22(29)21(25(30)33-5-2)24(35-19)27-16-9-7-6-8-10-16/h6-13,29H,4-5,14H2,1-3H3/b19-13-,27-24?. The van der Waals surface area contributed by atoms with Crippen LogP contribution in [-0.4, -0.2) is 49.0 Å². The minimum Gasteiger partial charge on any atom is -0.506 e. The van der Waals surface area contributed by atoms with Crippen molar-refractivity contribution in [1.82, 2.24) is 0 Å². The van der Waals surface area contributed by atoms with Gasteiger partial charge in [0.05, 0.1) is 35.9 Å². The molecule has 8 nitrogen and oxygen atoms in total. The molecule has 0 saturated carbocycles. The van der Waals surface area contributed by atoms with Gasteiger partial charge in [0.25, 0.3) is 0 Å². The first-order chi connectivity index (χ1) is 16.9. The van der Waals surface area contributed by atoms with Crippen LogP contribution in [0.25, 0.3) is 6.08 Å². The molecule has 0 saturated heterocycles. The highest BCUT2D eigenvalue weighted by molar-refractivity contribution is 8.18. The predicted molar refractivity (Wildman–Crippen MR) is 136 cm³/mol. The highest BCUT2D eigenvalue weighted by Gasteiger charge is 2.33. The van der Waals surface area contributed by atoms with Crippen LogP contribution < -0.4 is 9.47 Å². The lowest BCUT2D eigenvalue weighted by Gasteiger charge is -2.13. The molecule has 0 spiro atoms. The number of methoxy groups -OCH3 is 1. The van der Waals surface area contributed by atoms with Crippen molar-refractivity contribution in [3.63, 3.8) is 0 Å². The number of ether oxygens (including phenoxy) is 4. The first-order valence-electron chi connectivity index (χ1n) is 10.7. The zero-order valence-corrected chi connectivity index (χ0v) is 20.9. The van der Waals surface area contributed by atoms with Gasteiger partial charge in [-0.1, -0.05) is 41.6 Å². The average molecular weight is 518 g/mol. The Morgan fingerprint density at radius 1 is 1.11 bits per heavy atom. The molecule has 1 N–H and O–H groups in total. The maximum Gasteiger partial charge on any atom is 0.344 e. The Labute approximate surface area is 212 Å². The van der Waals surface area contributed by atoms with Gasteiger partial charge >= 0.3 is 11.9 Å². The van der Waals surface area contributed by atoms with Crippen LogP contribution in [0.2, 0.25) is 5.02 Å². The molecule has 35 heavy (non-hydrogen) atoms. The van der Waals surface area contributed by atoms with E-state index in [1.807, 2.05) is 18.2 Å². The lowest BCUT2D eigenvalue weighted by atomic mass is 10.1. The van der Waals surface area contributed by atoms with E-state index in [0.29, 0.717) is 21.2 Å². The van der Waals surface area contributed by atoms with E-state index in [9.17, 15) is 14.7 Å². The van der Waals surface area contributed by atoms with Crippen LogP contribution in [0, 0.1) is 0 Å². The van der Waals surface area contributed by atoms with Gasteiger partial charge in [0.2, 0.25) is 0 Å². The third kappa shape index (κ3) is 6.58. The zero-order valence-electron chi connectivity index (χ0n) is 19.4. The smallest absolute Gasteiger partial charge is 0.344 e. The fourth-order valence-corrected chi connectivity index (χ4v) is 4.37. The Morgan fingerprint density at radius 2 is 1.83 bits per heavy atom. The van der Waals surface area contributed by atoms with E-state index in [0.717, 1.165) is 11.8 Å². The highest BCUT2D eigenvalue weighted by Crippen LogP contribution is 2.42. The molecule has 0 aromatic heterocycles. The summed E-state index contributed by atoms with van der Waals surface area (Å²) < 4.78 is 20.8. The van der Waals surface area contributed by atoms with Crippen molar-refractivity contribution in [2.24, 2.45) is 4.99 Å². The van der Waals surface area contributed by atoms with Gasteiger partial charge in [-0.2, -0.15) is 0 Å². The van der Waals surface area contributed by atoms with Crippen LogP contribution in [0.3, 0.4) is 0 Å². The molecule has 2 aromatic rings. The van der Waals surface area contributed by atoms with Crippen LogP contribution in [0.4, 0.5) is 5.69 Å². The number of hydrogen-bond acceptors (Lipinski definition) is 9. The Bertz CT molecular complexity index is 1190. The second kappa shape index (κ2) is 12.3. The number of aliphatic imine (C=N–C) groups is 1. The summed E-state index contributed by atoms with van der Waals surface area (Å²) >= 11 is 7.51. The Hall–Kier alpha value is -3.43. The van der Waals surface area contributed by atoms with Crippen LogP contribution >= 0.6 is 23.4 Å². The Kier molecular flexibility index (Phi) is 9.22. The van der Waals surface area contributed by atoms with Gasteiger partial charge in [-0.3, -0.25) is 0 Å². The molecule has 1 aliphatic rings. The fourth-order valence-electron chi connectivity index (χ4n) is 3.06. The fraction of sp³-hybridized carbons (Fsp3) is 0.240. The number of aliphatic hydroxyl groups is 1. The van der Waals surface area contributed by atoms with Gasteiger partial charge in [0, 0.05) is 0 Å². The van der Waals surface area contributed by atoms with Crippen molar-refractivity contribution in [1.29, 1.82) is 0 Å². The van der Waals surface area contributed by atoms with Gasteiger partial charge in [0.15, 0.2) is 18.1 Å². The van der Waals surface area contributed by atoms with E-state index >= 15 is 0 Å². The molecule has 0 atom stereocenters. The number of benzene rings is 2. The lowest BCUT2D eigenvalue weighted by Crippen LogP contribution is -2.15. The van der Waals surface area contributed by atoms with Gasteiger partial charge in [0.1, 0.15) is 16.4 Å². The van der Waals surface area contributed by atoms with Crippen molar-refractivity contribution in [2.45, 2.75) is 13.8 Å². The summed E-state index contributed by atoms with van der Waals surface area (Å²) in [5, 5.41) is 11.4. The van der Waals surface area contributed by atoms with Crippen molar-refractivity contribution in [2.75, 3.05) is 26.9 Å². The molecular formula is C25H24ClNO7S. The molecule has 0 amide bonds. The molecule has 2 aromatic carbocycles. The second-order valence-corrected chi connectivity index (χ2v) is 8.37. The minimum absolute atomic E-state index is 0.0144. The Morgan fingerprint density at radius 3 is 2.49 bits per heavy atom. The number of hydrogen-bond donors (Lipinski definition) is 1. The topological polar surface area (TPSA) is 104 Å². The van der Waals surface area contributed by atoms with Crippen molar-refractivity contribution in [3.05, 3.63) is 69.3 Å². The van der Waals surface area contributed by atoms with Crippen LogP contribution in [0.1, 0.15) is 19.4 Å². The quantitative estimate of drug-likeness (QED) is 0.436. The average Bonchev–Trinajstić information content (AvgIpc) is 3.13. The largest absolute Gasteiger partial charge is 0.506 e. The van der Waals surface area contributed by atoms with E-state index in [1.165, 1.54) is 7.11 Å². The maximum atomic E-state index is 12.6. The molecule has 1 aliphatic heterocycles. The van der Waals surface area contributed by atoms with Crippen molar-refractivity contribution in [3.8, 4) is 11.5 Å². The predicted octanol–water partition coefficient (Wildman–Crippen LogP) is 5.48. The molecular weight excluding hydrogens is 494 g/mol. The monoisotopic (exact) mass is 517 g/mol. The van der Waals surface area contributed by atoms with Gasteiger partial charge in [-0.05, 0) is 49.8 Å². The van der Waals surface area contributed by atoms with Gasteiger partial charge < -0.3 is 24.1 Å². The highest BCUT2D eigenvalue weighted by atomic mass is 35.5. The summed E-state index contributed by atoms with van der Waals surface area (Å²) in [6.45, 7) is 3.44. The third-order valence-electron chi connectivity index (χ3n) is 4.55. The van der Waals surface area contributed by atoms with E-state index in [1.54, 1.807) is 44.2 Å². The normalized spacial score (nSPS) is 15.4. The number of carbonyl (C=O) groups is 2. The molecule has 184 valence electrons. The number of carbonyl (C=O) groups excluding carboxylic acids is 2.